The number of rotatable bonds is 4. The van der Waals surface area contributed by atoms with Gasteiger partial charge in [0.05, 0.1) is 0 Å². The van der Waals surface area contributed by atoms with E-state index in [-0.39, 0.29) is 5.41 Å². The molecule has 2 aliphatic rings. The highest BCUT2D eigenvalue weighted by atomic mass is 35.5. The van der Waals surface area contributed by atoms with E-state index in [0.29, 0.717) is 12.1 Å². The number of fused-ring (bicyclic) bond motifs is 1. The predicted octanol–water partition coefficient (Wildman–Crippen LogP) is 4.04. The molecule has 0 spiro atoms. The maximum Gasteiger partial charge on any atom is 0.0409 e. The molecule has 0 saturated carbocycles. The largest absolute Gasteiger partial charge is 0.306 e. The van der Waals surface area contributed by atoms with Gasteiger partial charge in [0.15, 0.2) is 0 Å². The molecule has 21 heavy (non-hydrogen) atoms. The molecule has 0 bridgehead atoms. The molecule has 1 fully saturated rings. The molecule has 0 radical (unpaired) electrons. The van der Waals surface area contributed by atoms with Crippen molar-refractivity contribution < 1.29 is 0 Å². The van der Waals surface area contributed by atoms with E-state index in [1.165, 1.54) is 37.1 Å². The molecule has 1 aromatic rings. The summed E-state index contributed by atoms with van der Waals surface area (Å²) in [6, 6.07) is 7.30. The van der Waals surface area contributed by atoms with Crippen molar-refractivity contribution in [3.05, 3.63) is 34.3 Å². The zero-order chi connectivity index (χ0) is 15.0. The van der Waals surface area contributed by atoms with E-state index in [0.717, 1.165) is 18.0 Å². The lowest BCUT2D eigenvalue weighted by Crippen LogP contribution is -2.43. The van der Waals surface area contributed by atoms with Crippen molar-refractivity contribution >= 4 is 11.6 Å². The lowest BCUT2D eigenvalue weighted by atomic mass is 9.85. The van der Waals surface area contributed by atoms with E-state index in [2.05, 4.69) is 43.1 Å². The van der Waals surface area contributed by atoms with Crippen LogP contribution in [0.15, 0.2) is 18.2 Å². The van der Waals surface area contributed by atoms with Crippen LogP contribution in [0.5, 0.6) is 0 Å². The van der Waals surface area contributed by atoms with Crippen LogP contribution in [0, 0.1) is 5.41 Å². The number of hydrogen-bond donors (Lipinski definition) is 1. The SMILES string of the molecule is CC(CN1CCCC1)NC1c2cc(Cl)ccc2CC1(C)C. The normalized spacial score (nSPS) is 26.0. The maximum atomic E-state index is 6.22. The number of benzene rings is 1. The quantitative estimate of drug-likeness (QED) is 0.903. The Labute approximate surface area is 133 Å². The van der Waals surface area contributed by atoms with Crippen molar-refractivity contribution in [3.8, 4) is 0 Å². The van der Waals surface area contributed by atoms with Crippen LogP contribution >= 0.6 is 11.6 Å². The second-order valence-corrected chi connectivity index (χ2v) is 7.95. The van der Waals surface area contributed by atoms with Gasteiger partial charge in [-0.15, -0.1) is 0 Å². The molecule has 1 heterocycles. The first-order chi connectivity index (χ1) is 9.95. The fourth-order valence-electron chi connectivity index (χ4n) is 4.01. The first-order valence-corrected chi connectivity index (χ1v) is 8.60. The highest BCUT2D eigenvalue weighted by molar-refractivity contribution is 6.30. The van der Waals surface area contributed by atoms with Gasteiger partial charge in [-0.05, 0) is 68.0 Å². The van der Waals surface area contributed by atoms with Crippen molar-refractivity contribution in [3.63, 3.8) is 0 Å². The summed E-state index contributed by atoms with van der Waals surface area (Å²) in [5.41, 5.74) is 3.11. The van der Waals surface area contributed by atoms with Crippen LogP contribution in [0.2, 0.25) is 5.02 Å². The van der Waals surface area contributed by atoms with Crippen LogP contribution in [0.1, 0.15) is 50.8 Å². The minimum Gasteiger partial charge on any atom is -0.306 e. The molecule has 1 aromatic carbocycles. The fraction of sp³-hybridized carbons (Fsp3) is 0.667. The Kier molecular flexibility index (Phi) is 4.31. The molecular formula is C18H27ClN2. The minimum absolute atomic E-state index is 0.256. The van der Waals surface area contributed by atoms with E-state index in [1.54, 1.807) is 0 Å². The summed E-state index contributed by atoms with van der Waals surface area (Å²) in [7, 11) is 0. The lowest BCUT2D eigenvalue weighted by Gasteiger charge is -2.33. The van der Waals surface area contributed by atoms with Gasteiger partial charge in [0, 0.05) is 23.7 Å². The van der Waals surface area contributed by atoms with Gasteiger partial charge >= 0.3 is 0 Å². The van der Waals surface area contributed by atoms with E-state index < -0.39 is 0 Å². The molecule has 1 saturated heterocycles. The lowest BCUT2D eigenvalue weighted by molar-refractivity contribution is 0.222. The Balaban J connectivity index is 1.72. The van der Waals surface area contributed by atoms with Gasteiger partial charge < -0.3 is 10.2 Å². The average Bonchev–Trinajstić information content (AvgIpc) is 2.98. The molecule has 1 aliphatic carbocycles. The molecule has 0 amide bonds. The van der Waals surface area contributed by atoms with Gasteiger partial charge in [-0.3, -0.25) is 0 Å². The number of likely N-dealkylation sites (tertiary alicyclic amines) is 1. The van der Waals surface area contributed by atoms with Crippen LogP contribution < -0.4 is 5.32 Å². The summed E-state index contributed by atoms with van der Waals surface area (Å²) < 4.78 is 0. The highest BCUT2D eigenvalue weighted by Crippen LogP contribution is 2.46. The van der Waals surface area contributed by atoms with Gasteiger partial charge in [0.1, 0.15) is 0 Å². The van der Waals surface area contributed by atoms with Crippen molar-refractivity contribution in [2.24, 2.45) is 5.41 Å². The highest BCUT2D eigenvalue weighted by Gasteiger charge is 2.39. The molecule has 116 valence electrons. The second-order valence-electron chi connectivity index (χ2n) is 7.52. The summed E-state index contributed by atoms with van der Waals surface area (Å²) in [6.07, 6.45) is 3.85. The summed E-state index contributed by atoms with van der Waals surface area (Å²) in [5.74, 6) is 0. The number of nitrogens with one attached hydrogen (secondary N) is 1. The first kappa shape index (κ1) is 15.3. The first-order valence-electron chi connectivity index (χ1n) is 8.22. The maximum absolute atomic E-state index is 6.22. The third-order valence-electron chi connectivity index (χ3n) is 5.03. The average molecular weight is 307 g/mol. The smallest absolute Gasteiger partial charge is 0.0409 e. The molecule has 1 aliphatic heterocycles. The van der Waals surface area contributed by atoms with E-state index in [9.17, 15) is 0 Å². The fourth-order valence-corrected chi connectivity index (χ4v) is 4.20. The van der Waals surface area contributed by atoms with Crippen LogP contribution in [-0.2, 0) is 6.42 Å². The monoisotopic (exact) mass is 306 g/mol. The van der Waals surface area contributed by atoms with E-state index in [1.807, 2.05) is 6.07 Å². The van der Waals surface area contributed by atoms with Gasteiger partial charge in [-0.25, -0.2) is 0 Å². The molecule has 2 nitrogen and oxygen atoms in total. The second kappa shape index (κ2) is 5.91. The van der Waals surface area contributed by atoms with Gasteiger partial charge in [-0.1, -0.05) is 31.5 Å². The van der Waals surface area contributed by atoms with Crippen LogP contribution in [0.3, 0.4) is 0 Å². The van der Waals surface area contributed by atoms with Gasteiger partial charge in [0.2, 0.25) is 0 Å². The van der Waals surface area contributed by atoms with Gasteiger partial charge in [-0.2, -0.15) is 0 Å². The van der Waals surface area contributed by atoms with Crippen molar-refractivity contribution in [2.75, 3.05) is 19.6 Å². The summed E-state index contributed by atoms with van der Waals surface area (Å²) in [6.45, 7) is 10.7. The molecule has 3 rings (SSSR count). The van der Waals surface area contributed by atoms with Crippen molar-refractivity contribution in [1.29, 1.82) is 0 Å². The Morgan fingerprint density at radius 3 is 2.76 bits per heavy atom. The van der Waals surface area contributed by atoms with Crippen molar-refractivity contribution in [2.45, 2.75) is 52.1 Å². The molecule has 1 N–H and O–H groups in total. The van der Waals surface area contributed by atoms with Crippen LogP contribution in [-0.4, -0.2) is 30.6 Å². The standard InChI is InChI=1S/C18H27ClN2/c1-13(12-21-8-4-5-9-21)20-17-16-10-15(19)7-6-14(16)11-18(17,2)3/h6-7,10,13,17,20H,4-5,8-9,11-12H2,1-3H3. The summed E-state index contributed by atoms with van der Waals surface area (Å²) >= 11 is 6.22. The molecule has 2 unspecified atom stereocenters. The number of hydrogen-bond acceptors (Lipinski definition) is 2. The Morgan fingerprint density at radius 1 is 1.33 bits per heavy atom. The third-order valence-corrected chi connectivity index (χ3v) is 5.26. The Bertz CT molecular complexity index is 506. The Morgan fingerprint density at radius 2 is 2.05 bits per heavy atom. The van der Waals surface area contributed by atoms with Crippen molar-refractivity contribution in [1.82, 2.24) is 10.2 Å². The zero-order valence-corrected chi connectivity index (χ0v) is 14.2. The third kappa shape index (κ3) is 3.28. The van der Waals surface area contributed by atoms with Gasteiger partial charge in [0.25, 0.3) is 0 Å². The summed E-state index contributed by atoms with van der Waals surface area (Å²) in [5, 5.41) is 4.73. The van der Waals surface area contributed by atoms with E-state index >= 15 is 0 Å². The molecule has 3 heteroatoms. The van der Waals surface area contributed by atoms with E-state index in [4.69, 9.17) is 11.6 Å². The number of halogens is 1. The van der Waals surface area contributed by atoms with Crippen LogP contribution in [0.4, 0.5) is 0 Å². The molecular weight excluding hydrogens is 280 g/mol. The number of nitrogens with zero attached hydrogens (tertiary/aromatic N) is 1. The zero-order valence-electron chi connectivity index (χ0n) is 13.5. The molecule has 2 atom stereocenters. The molecule has 0 aromatic heterocycles. The predicted molar refractivity (Wildman–Crippen MR) is 89.9 cm³/mol. The van der Waals surface area contributed by atoms with Crippen LogP contribution in [0.25, 0.3) is 0 Å². The topological polar surface area (TPSA) is 15.3 Å². The minimum atomic E-state index is 0.256. The summed E-state index contributed by atoms with van der Waals surface area (Å²) in [4.78, 5) is 2.58. The Hall–Kier alpha value is -0.570.